The number of benzene rings is 2. The summed E-state index contributed by atoms with van der Waals surface area (Å²) in [6, 6.07) is 21.7. The van der Waals surface area contributed by atoms with Crippen LogP contribution in [0.3, 0.4) is 0 Å². The van der Waals surface area contributed by atoms with Crippen molar-refractivity contribution in [3.8, 4) is 0 Å². The molecule has 0 spiro atoms. The molecule has 0 aromatic heterocycles. The highest BCUT2D eigenvalue weighted by Crippen LogP contribution is 2.18. The van der Waals surface area contributed by atoms with Gasteiger partial charge in [-0.1, -0.05) is 67.6 Å². The average molecular weight is 451 g/mol. The van der Waals surface area contributed by atoms with Gasteiger partial charge in [0.1, 0.15) is 0 Å². The maximum atomic E-state index is 11.4. The van der Waals surface area contributed by atoms with Gasteiger partial charge in [-0.15, -0.1) is 0 Å². The normalized spacial score (nSPS) is 20.8. The Morgan fingerprint density at radius 2 is 1.55 bits per heavy atom. The Hall–Kier alpha value is -2.70. The van der Waals surface area contributed by atoms with Crippen molar-refractivity contribution in [2.45, 2.75) is 64.2 Å². The van der Waals surface area contributed by atoms with E-state index in [4.69, 9.17) is 5.73 Å². The van der Waals surface area contributed by atoms with Crippen LogP contribution in [0.5, 0.6) is 0 Å². The third-order valence-corrected chi connectivity index (χ3v) is 6.24. The standard InChI is InChI=1S/C19H22N2O.C8H16N2O/c22-19-12-11-18(13-20-19)21(14-16-7-3-1-4-8-16)15-17-9-5-2-6-10-17;1-2-5-10-6-7(9)3-4-8(10)11/h1-10,18H,11-15H2,(H,20,22);7H,2-6,9H2,1H3/t18-;7-/m00/s1. The number of hydrogen-bond donors (Lipinski definition) is 2. The van der Waals surface area contributed by atoms with Gasteiger partial charge in [0.05, 0.1) is 0 Å². The summed E-state index contributed by atoms with van der Waals surface area (Å²) in [6.45, 7) is 6.28. The molecule has 0 radical (unpaired) electrons. The lowest BCUT2D eigenvalue weighted by Gasteiger charge is -2.34. The maximum Gasteiger partial charge on any atom is 0.222 e. The molecule has 2 aromatic rings. The summed E-state index contributed by atoms with van der Waals surface area (Å²) in [7, 11) is 0. The Morgan fingerprint density at radius 1 is 0.939 bits per heavy atom. The number of hydrogen-bond acceptors (Lipinski definition) is 4. The average Bonchev–Trinajstić information content (AvgIpc) is 2.83. The first-order valence-corrected chi connectivity index (χ1v) is 12.2. The van der Waals surface area contributed by atoms with Crippen molar-refractivity contribution < 1.29 is 9.59 Å². The molecule has 2 atom stereocenters. The zero-order valence-electron chi connectivity index (χ0n) is 19.8. The van der Waals surface area contributed by atoms with E-state index in [1.165, 1.54) is 11.1 Å². The molecule has 2 aliphatic heterocycles. The topological polar surface area (TPSA) is 78.7 Å². The first-order chi connectivity index (χ1) is 16.0. The Bertz CT molecular complexity index is 807. The second-order valence-electron chi connectivity index (χ2n) is 9.01. The van der Waals surface area contributed by atoms with Crippen LogP contribution < -0.4 is 11.1 Å². The monoisotopic (exact) mass is 450 g/mol. The molecule has 2 amide bonds. The Balaban J connectivity index is 0.000000235. The number of nitrogens with zero attached hydrogens (tertiary/aromatic N) is 2. The molecular formula is C27H38N4O2. The quantitative estimate of drug-likeness (QED) is 0.678. The molecule has 6 nitrogen and oxygen atoms in total. The molecular weight excluding hydrogens is 412 g/mol. The van der Waals surface area contributed by atoms with Gasteiger partial charge in [0.2, 0.25) is 11.8 Å². The van der Waals surface area contributed by atoms with Crippen LogP contribution in [0.25, 0.3) is 0 Å². The van der Waals surface area contributed by atoms with Gasteiger partial charge in [0.15, 0.2) is 0 Å². The second kappa shape index (κ2) is 13.1. The molecule has 2 aromatic carbocycles. The predicted molar refractivity (Wildman–Crippen MR) is 132 cm³/mol. The molecule has 3 N–H and O–H groups in total. The van der Waals surface area contributed by atoms with Crippen LogP contribution in [0.1, 0.15) is 50.2 Å². The summed E-state index contributed by atoms with van der Waals surface area (Å²) in [5, 5.41) is 3.00. The van der Waals surface area contributed by atoms with Gasteiger partial charge in [-0.05, 0) is 30.4 Å². The molecule has 2 saturated heterocycles. The highest BCUT2D eigenvalue weighted by molar-refractivity contribution is 5.77. The van der Waals surface area contributed by atoms with Gasteiger partial charge in [0, 0.05) is 57.6 Å². The van der Waals surface area contributed by atoms with Crippen LogP contribution in [0.2, 0.25) is 0 Å². The molecule has 178 valence electrons. The van der Waals surface area contributed by atoms with Crippen LogP contribution in [-0.2, 0) is 22.7 Å². The van der Waals surface area contributed by atoms with E-state index in [0.717, 1.165) is 52.0 Å². The van der Waals surface area contributed by atoms with Crippen molar-refractivity contribution in [3.63, 3.8) is 0 Å². The highest BCUT2D eigenvalue weighted by atomic mass is 16.2. The number of nitrogens with one attached hydrogen (secondary N) is 1. The van der Waals surface area contributed by atoms with E-state index in [1.807, 2.05) is 17.0 Å². The lowest BCUT2D eigenvalue weighted by molar-refractivity contribution is -0.133. The number of nitrogens with two attached hydrogens (primary N) is 1. The number of carbonyl (C=O) groups is 2. The number of piperidine rings is 2. The minimum atomic E-state index is 0.177. The molecule has 2 fully saturated rings. The molecule has 2 heterocycles. The minimum Gasteiger partial charge on any atom is -0.355 e. The van der Waals surface area contributed by atoms with Crippen LogP contribution >= 0.6 is 0 Å². The largest absolute Gasteiger partial charge is 0.355 e. The van der Waals surface area contributed by atoms with Gasteiger partial charge in [-0.3, -0.25) is 14.5 Å². The Morgan fingerprint density at radius 3 is 2.06 bits per heavy atom. The first-order valence-electron chi connectivity index (χ1n) is 12.2. The van der Waals surface area contributed by atoms with Gasteiger partial charge in [0.25, 0.3) is 0 Å². The zero-order chi connectivity index (χ0) is 23.5. The molecule has 0 unspecified atom stereocenters. The van der Waals surface area contributed by atoms with E-state index in [0.29, 0.717) is 18.9 Å². The second-order valence-corrected chi connectivity index (χ2v) is 9.01. The van der Waals surface area contributed by atoms with Gasteiger partial charge >= 0.3 is 0 Å². The van der Waals surface area contributed by atoms with E-state index in [9.17, 15) is 9.59 Å². The predicted octanol–water partition coefficient (Wildman–Crippen LogP) is 3.31. The first kappa shape index (κ1) is 24.9. The third-order valence-electron chi connectivity index (χ3n) is 6.24. The molecule has 0 bridgehead atoms. The van der Waals surface area contributed by atoms with E-state index in [1.54, 1.807) is 0 Å². The third kappa shape index (κ3) is 8.30. The Kier molecular flexibility index (Phi) is 9.91. The maximum absolute atomic E-state index is 11.4. The van der Waals surface area contributed by atoms with Crippen molar-refractivity contribution in [1.29, 1.82) is 0 Å². The summed E-state index contributed by atoms with van der Waals surface area (Å²) >= 11 is 0. The van der Waals surface area contributed by atoms with Crippen LogP contribution in [0.4, 0.5) is 0 Å². The summed E-state index contributed by atoms with van der Waals surface area (Å²) < 4.78 is 0. The molecule has 0 aliphatic carbocycles. The van der Waals surface area contributed by atoms with E-state index in [-0.39, 0.29) is 17.9 Å². The van der Waals surface area contributed by atoms with Gasteiger partial charge < -0.3 is 16.0 Å². The van der Waals surface area contributed by atoms with Crippen LogP contribution in [-0.4, -0.2) is 53.3 Å². The fourth-order valence-electron chi connectivity index (χ4n) is 4.41. The van der Waals surface area contributed by atoms with Crippen molar-refractivity contribution in [2.24, 2.45) is 5.73 Å². The number of likely N-dealkylation sites (tertiary alicyclic amines) is 1. The fourth-order valence-corrected chi connectivity index (χ4v) is 4.41. The zero-order valence-corrected chi connectivity index (χ0v) is 19.8. The number of carbonyl (C=O) groups excluding carboxylic acids is 2. The number of amides is 2. The summed E-state index contributed by atoms with van der Waals surface area (Å²) in [4.78, 5) is 27.0. The van der Waals surface area contributed by atoms with E-state index >= 15 is 0 Å². The molecule has 0 saturated carbocycles. The minimum absolute atomic E-state index is 0.177. The van der Waals surface area contributed by atoms with E-state index < -0.39 is 0 Å². The van der Waals surface area contributed by atoms with Crippen molar-refractivity contribution in [3.05, 3.63) is 71.8 Å². The van der Waals surface area contributed by atoms with Crippen molar-refractivity contribution in [1.82, 2.24) is 15.1 Å². The summed E-state index contributed by atoms with van der Waals surface area (Å²) in [5.74, 6) is 0.448. The van der Waals surface area contributed by atoms with Gasteiger partial charge in [-0.2, -0.15) is 0 Å². The number of rotatable bonds is 7. The molecule has 33 heavy (non-hydrogen) atoms. The van der Waals surface area contributed by atoms with Crippen LogP contribution in [0, 0.1) is 0 Å². The summed E-state index contributed by atoms with van der Waals surface area (Å²) in [6.07, 6.45) is 4.09. The molecule has 6 heteroatoms. The molecule has 4 rings (SSSR count). The lowest BCUT2D eigenvalue weighted by Crippen LogP contribution is -2.47. The van der Waals surface area contributed by atoms with Crippen LogP contribution in [0.15, 0.2) is 60.7 Å². The van der Waals surface area contributed by atoms with Crippen molar-refractivity contribution in [2.75, 3.05) is 19.6 Å². The highest BCUT2D eigenvalue weighted by Gasteiger charge is 2.24. The Labute approximate surface area is 198 Å². The van der Waals surface area contributed by atoms with Crippen molar-refractivity contribution >= 4 is 11.8 Å². The van der Waals surface area contributed by atoms with Gasteiger partial charge in [-0.25, -0.2) is 0 Å². The molecule has 2 aliphatic rings. The lowest BCUT2D eigenvalue weighted by atomic mass is 10.0. The fraction of sp³-hybridized carbons (Fsp3) is 0.481. The SMILES string of the molecule is CCCN1C[C@@H](N)CCC1=O.O=C1CC[C@H](N(Cc2ccccc2)Cc2ccccc2)CN1. The smallest absolute Gasteiger partial charge is 0.222 e. The van der Waals surface area contributed by atoms with E-state index in [2.05, 4.69) is 65.7 Å². The summed E-state index contributed by atoms with van der Waals surface area (Å²) in [5.41, 5.74) is 8.35.